The standard InChI is InChI=1S/C25H16ClFN2O3S/c1-13-5-10-18-19(11-13)33-25(28-18)29-21(15-3-2-4-16(26)12-15)20(23(31)24(29)32)22(30)14-6-8-17(27)9-7-14/h2-12,21,30H,1H3/b22-20+/t21-/m1/s1. The van der Waals surface area contributed by atoms with Gasteiger partial charge in [0.2, 0.25) is 0 Å². The molecule has 1 amide bonds. The van der Waals surface area contributed by atoms with Gasteiger partial charge in [-0.1, -0.05) is 41.1 Å². The number of thiazole rings is 1. The van der Waals surface area contributed by atoms with Crippen molar-refractivity contribution in [1.82, 2.24) is 4.98 Å². The molecule has 8 heteroatoms. The fraction of sp³-hybridized carbons (Fsp3) is 0.0800. The molecule has 0 saturated carbocycles. The molecule has 33 heavy (non-hydrogen) atoms. The smallest absolute Gasteiger partial charge is 0.301 e. The summed E-state index contributed by atoms with van der Waals surface area (Å²) < 4.78 is 14.3. The van der Waals surface area contributed by atoms with Crippen molar-refractivity contribution in [3.8, 4) is 0 Å². The Morgan fingerprint density at radius 2 is 1.85 bits per heavy atom. The van der Waals surface area contributed by atoms with Crippen molar-refractivity contribution in [2.45, 2.75) is 13.0 Å². The molecule has 164 valence electrons. The van der Waals surface area contributed by atoms with Crippen LogP contribution >= 0.6 is 22.9 Å². The van der Waals surface area contributed by atoms with Gasteiger partial charge in [-0.15, -0.1) is 0 Å². The van der Waals surface area contributed by atoms with E-state index in [0.29, 0.717) is 21.2 Å². The molecule has 0 spiro atoms. The van der Waals surface area contributed by atoms with E-state index in [1.165, 1.54) is 40.5 Å². The van der Waals surface area contributed by atoms with E-state index >= 15 is 0 Å². The van der Waals surface area contributed by atoms with Gasteiger partial charge in [-0.25, -0.2) is 9.37 Å². The number of fused-ring (bicyclic) bond motifs is 1. The summed E-state index contributed by atoms with van der Waals surface area (Å²) in [5.74, 6) is -2.53. The van der Waals surface area contributed by atoms with E-state index in [0.717, 1.165) is 10.3 Å². The number of rotatable bonds is 3. The molecular formula is C25H16ClFN2O3S. The molecule has 1 fully saturated rings. The van der Waals surface area contributed by atoms with Gasteiger partial charge >= 0.3 is 5.91 Å². The van der Waals surface area contributed by atoms with Gasteiger partial charge in [-0.2, -0.15) is 0 Å². The Hall–Kier alpha value is -3.55. The number of hydrogen-bond acceptors (Lipinski definition) is 5. The first-order valence-corrected chi connectivity index (χ1v) is 11.2. The lowest BCUT2D eigenvalue weighted by Crippen LogP contribution is -2.29. The first-order chi connectivity index (χ1) is 15.8. The molecule has 1 atom stereocenters. The number of benzene rings is 3. The Labute approximate surface area is 197 Å². The van der Waals surface area contributed by atoms with Gasteiger partial charge < -0.3 is 5.11 Å². The molecule has 1 N–H and O–H groups in total. The number of aliphatic hydroxyl groups is 1. The lowest BCUT2D eigenvalue weighted by atomic mass is 9.95. The van der Waals surface area contributed by atoms with E-state index in [1.807, 2.05) is 25.1 Å². The Bertz CT molecular complexity index is 1460. The molecule has 1 saturated heterocycles. The average Bonchev–Trinajstić information content (AvgIpc) is 3.32. The second-order valence-electron chi connectivity index (χ2n) is 7.70. The second-order valence-corrected chi connectivity index (χ2v) is 9.14. The summed E-state index contributed by atoms with van der Waals surface area (Å²) in [5.41, 5.74) is 2.40. The molecule has 5 rings (SSSR count). The van der Waals surface area contributed by atoms with E-state index in [2.05, 4.69) is 4.98 Å². The fourth-order valence-corrected chi connectivity index (χ4v) is 5.20. The van der Waals surface area contributed by atoms with E-state index in [-0.39, 0.29) is 11.1 Å². The number of hydrogen-bond donors (Lipinski definition) is 1. The minimum atomic E-state index is -0.949. The average molecular weight is 479 g/mol. The van der Waals surface area contributed by atoms with Crippen LogP contribution in [-0.4, -0.2) is 21.8 Å². The molecule has 1 aliphatic heterocycles. The fourth-order valence-electron chi connectivity index (χ4n) is 3.91. The zero-order valence-electron chi connectivity index (χ0n) is 17.3. The van der Waals surface area contributed by atoms with Gasteiger partial charge in [0, 0.05) is 10.6 Å². The number of nitrogens with zero attached hydrogens (tertiary/aromatic N) is 2. The van der Waals surface area contributed by atoms with E-state index in [4.69, 9.17) is 11.6 Å². The second kappa shape index (κ2) is 8.10. The molecule has 5 nitrogen and oxygen atoms in total. The molecule has 0 bridgehead atoms. The maximum Gasteiger partial charge on any atom is 0.301 e. The summed E-state index contributed by atoms with van der Waals surface area (Å²) >= 11 is 7.50. The van der Waals surface area contributed by atoms with Crippen LogP contribution in [0.5, 0.6) is 0 Å². The molecule has 4 aromatic rings. The third-order valence-corrected chi connectivity index (χ3v) is 6.72. The van der Waals surface area contributed by atoms with Gasteiger partial charge in [0.1, 0.15) is 11.6 Å². The van der Waals surface area contributed by atoms with Gasteiger partial charge in [-0.05, 0) is 66.6 Å². The highest BCUT2D eigenvalue weighted by Gasteiger charge is 2.48. The molecule has 1 aromatic heterocycles. The summed E-state index contributed by atoms with van der Waals surface area (Å²) in [6.07, 6.45) is 0. The van der Waals surface area contributed by atoms with Crippen molar-refractivity contribution in [3.63, 3.8) is 0 Å². The minimum Gasteiger partial charge on any atom is -0.507 e. The van der Waals surface area contributed by atoms with Crippen molar-refractivity contribution < 1.29 is 19.1 Å². The lowest BCUT2D eigenvalue weighted by Gasteiger charge is -2.23. The zero-order valence-corrected chi connectivity index (χ0v) is 18.8. The first-order valence-electron chi connectivity index (χ1n) is 10.0. The number of amides is 1. The third-order valence-electron chi connectivity index (χ3n) is 5.47. The molecule has 1 aliphatic rings. The van der Waals surface area contributed by atoms with Gasteiger partial charge in [0.25, 0.3) is 5.78 Å². The summed E-state index contributed by atoms with van der Waals surface area (Å²) in [4.78, 5) is 32.3. The number of Topliss-reactive ketones (excluding diaryl/α,β-unsaturated/α-hetero) is 1. The SMILES string of the molecule is Cc1ccc2nc(N3C(=O)C(=O)/C(=C(/O)c4ccc(F)cc4)[C@H]3c3cccc(Cl)c3)sc2c1. The van der Waals surface area contributed by atoms with Crippen LogP contribution in [0, 0.1) is 12.7 Å². The molecular weight excluding hydrogens is 463 g/mol. The highest BCUT2D eigenvalue weighted by Crippen LogP contribution is 2.44. The maximum atomic E-state index is 13.4. The van der Waals surface area contributed by atoms with Crippen LogP contribution in [0.3, 0.4) is 0 Å². The summed E-state index contributed by atoms with van der Waals surface area (Å²) in [6.45, 7) is 1.96. The quantitative estimate of drug-likeness (QED) is 0.222. The van der Waals surface area contributed by atoms with Crippen LogP contribution in [0.25, 0.3) is 16.0 Å². The predicted octanol–water partition coefficient (Wildman–Crippen LogP) is 6.02. The summed E-state index contributed by atoms with van der Waals surface area (Å²) in [5, 5.41) is 11.8. The Balaban J connectivity index is 1.74. The van der Waals surface area contributed by atoms with Crippen molar-refractivity contribution in [3.05, 3.63) is 99.8 Å². The molecule has 0 aliphatic carbocycles. The number of aliphatic hydroxyl groups excluding tert-OH is 1. The van der Waals surface area contributed by atoms with Crippen LogP contribution in [-0.2, 0) is 9.59 Å². The molecule has 2 heterocycles. The van der Waals surface area contributed by atoms with Crippen LogP contribution in [0.2, 0.25) is 5.02 Å². The largest absolute Gasteiger partial charge is 0.507 e. The van der Waals surface area contributed by atoms with Gasteiger partial charge in [0.05, 0.1) is 21.8 Å². The van der Waals surface area contributed by atoms with Gasteiger partial charge in [-0.3, -0.25) is 14.5 Å². The van der Waals surface area contributed by atoms with E-state index in [9.17, 15) is 19.1 Å². The van der Waals surface area contributed by atoms with Crippen LogP contribution in [0.4, 0.5) is 9.52 Å². The minimum absolute atomic E-state index is 0.107. The Morgan fingerprint density at radius 1 is 1.09 bits per heavy atom. The number of halogens is 2. The third kappa shape index (κ3) is 3.69. The molecule has 0 radical (unpaired) electrons. The topological polar surface area (TPSA) is 70.5 Å². The van der Waals surface area contributed by atoms with Gasteiger partial charge in [0.15, 0.2) is 5.13 Å². The summed E-state index contributed by atoms with van der Waals surface area (Å²) in [6, 6.07) is 16.6. The maximum absolute atomic E-state index is 13.4. The monoisotopic (exact) mass is 478 g/mol. The van der Waals surface area contributed by atoms with Crippen molar-refractivity contribution in [1.29, 1.82) is 0 Å². The van der Waals surface area contributed by atoms with Crippen molar-refractivity contribution in [2.24, 2.45) is 0 Å². The van der Waals surface area contributed by atoms with Crippen LogP contribution in [0.1, 0.15) is 22.7 Å². The zero-order chi connectivity index (χ0) is 23.3. The molecule has 3 aromatic carbocycles. The number of aromatic nitrogens is 1. The molecule has 0 unspecified atom stereocenters. The lowest BCUT2D eigenvalue weighted by molar-refractivity contribution is -0.132. The predicted molar refractivity (Wildman–Crippen MR) is 127 cm³/mol. The Kier molecular flexibility index (Phi) is 5.23. The van der Waals surface area contributed by atoms with Crippen molar-refractivity contribution in [2.75, 3.05) is 4.90 Å². The Morgan fingerprint density at radius 3 is 2.58 bits per heavy atom. The number of anilines is 1. The highest BCUT2D eigenvalue weighted by molar-refractivity contribution is 7.22. The number of carbonyl (C=O) groups excluding carboxylic acids is 2. The number of ketones is 1. The summed E-state index contributed by atoms with van der Waals surface area (Å²) in [7, 11) is 0. The van der Waals surface area contributed by atoms with Crippen molar-refractivity contribution >= 4 is 55.7 Å². The highest BCUT2D eigenvalue weighted by atomic mass is 35.5. The van der Waals surface area contributed by atoms with E-state index in [1.54, 1.807) is 24.3 Å². The van der Waals surface area contributed by atoms with E-state index < -0.39 is 29.3 Å². The first kappa shape index (κ1) is 21.3. The normalized spacial score (nSPS) is 17.8. The number of aryl methyl sites for hydroxylation is 1. The van der Waals surface area contributed by atoms with Crippen LogP contribution < -0.4 is 4.90 Å². The number of carbonyl (C=O) groups is 2. The van der Waals surface area contributed by atoms with Crippen LogP contribution in [0.15, 0.2) is 72.3 Å².